The van der Waals surface area contributed by atoms with Gasteiger partial charge in [0.1, 0.15) is 17.4 Å². The smallest absolute Gasteiger partial charge is 0.270 e. The van der Waals surface area contributed by atoms with E-state index in [1.165, 1.54) is 4.57 Å². The first kappa shape index (κ1) is 19.0. The first-order valence-electron chi connectivity index (χ1n) is 9.63. The molecule has 4 rings (SSSR count). The molecular weight excluding hydrogens is 366 g/mol. The lowest BCUT2D eigenvalue weighted by Gasteiger charge is -2.40. The molecule has 0 radical (unpaired) electrons. The summed E-state index contributed by atoms with van der Waals surface area (Å²) in [4.78, 5) is 14.8. The van der Waals surface area contributed by atoms with Crippen molar-refractivity contribution < 1.29 is 9.84 Å². The molecule has 0 amide bonds. The third kappa shape index (κ3) is 3.04. The number of benzene rings is 2. The van der Waals surface area contributed by atoms with Crippen molar-refractivity contribution in [2.24, 2.45) is 7.05 Å². The fourth-order valence-corrected chi connectivity index (χ4v) is 4.31. The van der Waals surface area contributed by atoms with Gasteiger partial charge in [0, 0.05) is 31.1 Å². The molecule has 0 aliphatic carbocycles. The molecule has 1 saturated heterocycles. The maximum absolute atomic E-state index is 12.8. The SMILES string of the molecule is COc1ccccc1C1(O)CCN(c2c(C#N)c(=O)n(C)c3ccccc23)CC1. The van der Waals surface area contributed by atoms with Gasteiger partial charge in [-0.25, -0.2) is 0 Å². The normalized spacial score (nSPS) is 15.9. The minimum Gasteiger partial charge on any atom is -0.496 e. The minimum atomic E-state index is -1.01. The van der Waals surface area contributed by atoms with E-state index in [4.69, 9.17) is 4.74 Å². The maximum atomic E-state index is 12.8. The van der Waals surface area contributed by atoms with Crippen LogP contribution in [0.25, 0.3) is 10.9 Å². The second kappa shape index (κ2) is 7.26. The largest absolute Gasteiger partial charge is 0.496 e. The molecular formula is C23H23N3O3. The fraction of sp³-hybridized carbons (Fsp3) is 0.304. The van der Waals surface area contributed by atoms with E-state index >= 15 is 0 Å². The summed E-state index contributed by atoms with van der Waals surface area (Å²) in [5.41, 5.74) is 1.06. The monoisotopic (exact) mass is 389 g/mol. The van der Waals surface area contributed by atoms with Gasteiger partial charge in [-0.3, -0.25) is 4.79 Å². The summed E-state index contributed by atoms with van der Waals surface area (Å²) >= 11 is 0. The van der Waals surface area contributed by atoms with Crippen molar-refractivity contribution in [3.05, 3.63) is 70.0 Å². The molecule has 6 nitrogen and oxygen atoms in total. The number of hydrogen-bond donors (Lipinski definition) is 1. The Morgan fingerprint density at radius 3 is 2.45 bits per heavy atom. The molecule has 1 aliphatic heterocycles. The van der Waals surface area contributed by atoms with E-state index in [9.17, 15) is 15.2 Å². The van der Waals surface area contributed by atoms with Crippen molar-refractivity contribution in [3.63, 3.8) is 0 Å². The van der Waals surface area contributed by atoms with Crippen LogP contribution in [0.1, 0.15) is 24.0 Å². The number of rotatable bonds is 3. The van der Waals surface area contributed by atoms with Crippen molar-refractivity contribution in [2.45, 2.75) is 18.4 Å². The lowest BCUT2D eigenvalue weighted by molar-refractivity contribution is 0.00970. The number of aliphatic hydroxyl groups is 1. The van der Waals surface area contributed by atoms with Crippen LogP contribution in [0.5, 0.6) is 5.75 Å². The molecule has 1 aromatic heterocycles. The average Bonchev–Trinajstić information content (AvgIpc) is 2.77. The highest BCUT2D eigenvalue weighted by Crippen LogP contribution is 2.40. The number of aryl methyl sites for hydroxylation is 1. The van der Waals surface area contributed by atoms with Crippen molar-refractivity contribution >= 4 is 16.6 Å². The molecule has 0 bridgehead atoms. The Morgan fingerprint density at radius 2 is 1.76 bits per heavy atom. The fourth-order valence-electron chi connectivity index (χ4n) is 4.31. The second-order valence-electron chi connectivity index (χ2n) is 7.44. The van der Waals surface area contributed by atoms with E-state index in [0.717, 1.165) is 16.5 Å². The molecule has 2 aromatic carbocycles. The highest BCUT2D eigenvalue weighted by atomic mass is 16.5. The molecule has 0 saturated carbocycles. The van der Waals surface area contributed by atoms with Crippen LogP contribution in [-0.4, -0.2) is 29.9 Å². The third-order valence-electron chi connectivity index (χ3n) is 5.90. The van der Waals surface area contributed by atoms with Gasteiger partial charge in [0.05, 0.1) is 23.9 Å². The van der Waals surface area contributed by atoms with Crippen LogP contribution in [0.3, 0.4) is 0 Å². The first-order valence-corrected chi connectivity index (χ1v) is 9.63. The van der Waals surface area contributed by atoms with E-state index in [0.29, 0.717) is 37.4 Å². The predicted molar refractivity (Wildman–Crippen MR) is 112 cm³/mol. The van der Waals surface area contributed by atoms with Crippen LogP contribution in [0.4, 0.5) is 5.69 Å². The lowest BCUT2D eigenvalue weighted by Crippen LogP contribution is -2.43. The Morgan fingerprint density at radius 1 is 1.10 bits per heavy atom. The van der Waals surface area contributed by atoms with Gasteiger partial charge in [-0.15, -0.1) is 0 Å². The molecule has 0 unspecified atom stereocenters. The molecule has 2 heterocycles. The molecule has 0 atom stereocenters. The number of hydrogen-bond acceptors (Lipinski definition) is 5. The predicted octanol–water partition coefficient (Wildman–Crippen LogP) is 2.91. The molecule has 1 N–H and O–H groups in total. The van der Waals surface area contributed by atoms with Crippen LogP contribution < -0.4 is 15.2 Å². The maximum Gasteiger partial charge on any atom is 0.270 e. The summed E-state index contributed by atoms with van der Waals surface area (Å²) in [5, 5.41) is 21.9. The minimum absolute atomic E-state index is 0.147. The lowest BCUT2D eigenvalue weighted by atomic mass is 9.83. The van der Waals surface area contributed by atoms with Gasteiger partial charge in [-0.05, 0) is 25.0 Å². The summed E-state index contributed by atoms with van der Waals surface area (Å²) in [6.45, 7) is 1.06. The van der Waals surface area contributed by atoms with Crippen molar-refractivity contribution in [1.29, 1.82) is 5.26 Å². The van der Waals surface area contributed by atoms with Crippen LogP contribution in [-0.2, 0) is 12.6 Å². The Hall–Kier alpha value is -3.30. The summed E-state index contributed by atoms with van der Waals surface area (Å²) in [5.74, 6) is 0.667. The summed E-state index contributed by atoms with van der Waals surface area (Å²) in [6, 6.07) is 17.2. The number of fused-ring (bicyclic) bond motifs is 1. The van der Waals surface area contributed by atoms with Gasteiger partial charge in [0.2, 0.25) is 0 Å². The van der Waals surface area contributed by atoms with E-state index in [-0.39, 0.29) is 11.1 Å². The zero-order valence-electron chi connectivity index (χ0n) is 16.6. The number of para-hydroxylation sites is 2. The van der Waals surface area contributed by atoms with Gasteiger partial charge in [-0.2, -0.15) is 5.26 Å². The molecule has 6 heteroatoms. The van der Waals surface area contributed by atoms with Crippen molar-refractivity contribution in [1.82, 2.24) is 4.57 Å². The number of anilines is 1. The first-order chi connectivity index (χ1) is 14.0. The Balaban J connectivity index is 1.75. The topological polar surface area (TPSA) is 78.5 Å². The van der Waals surface area contributed by atoms with E-state index in [1.807, 2.05) is 53.4 Å². The Bertz CT molecular complexity index is 1170. The number of pyridine rings is 1. The Kier molecular flexibility index (Phi) is 4.77. The van der Waals surface area contributed by atoms with Crippen LogP contribution in [0.15, 0.2) is 53.3 Å². The zero-order chi connectivity index (χ0) is 20.6. The van der Waals surface area contributed by atoms with E-state index in [1.54, 1.807) is 14.2 Å². The van der Waals surface area contributed by atoms with Crippen LogP contribution >= 0.6 is 0 Å². The summed E-state index contributed by atoms with van der Waals surface area (Å²) in [7, 11) is 3.29. The quantitative estimate of drug-likeness (QED) is 0.745. The number of piperidine rings is 1. The number of aromatic nitrogens is 1. The standard InChI is InChI=1S/C23H23N3O3/c1-25-19-9-5-3-7-16(19)21(17(15-24)22(25)27)26-13-11-23(28,12-14-26)18-8-4-6-10-20(18)29-2/h3-10,28H,11-14H2,1-2H3. The van der Waals surface area contributed by atoms with Gasteiger partial charge >= 0.3 is 0 Å². The third-order valence-corrected chi connectivity index (χ3v) is 5.90. The summed E-state index contributed by atoms with van der Waals surface area (Å²) in [6.07, 6.45) is 0.948. The second-order valence-corrected chi connectivity index (χ2v) is 7.44. The highest BCUT2D eigenvalue weighted by Gasteiger charge is 2.37. The van der Waals surface area contributed by atoms with E-state index < -0.39 is 5.60 Å². The highest BCUT2D eigenvalue weighted by molar-refractivity contribution is 5.95. The average molecular weight is 389 g/mol. The molecule has 3 aromatic rings. The molecule has 1 aliphatic rings. The number of nitrogens with zero attached hydrogens (tertiary/aromatic N) is 3. The zero-order valence-corrected chi connectivity index (χ0v) is 16.6. The number of nitriles is 1. The van der Waals surface area contributed by atoms with Gasteiger partial charge in [-0.1, -0.05) is 36.4 Å². The van der Waals surface area contributed by atoms with Crippen molar-refractivity contribution in [3.8, 4) is 11.8 Å². The van der Waals surface area contributed by atoms with Gasteiger partial charge in [0.25, 0.3) is 5.56 Å². The number of ether oxygens (including phenoxy) is 1. The molecule has 148 valence electrons. The van der Waals surface area contributed by atoms with Crippen LogP contribution in [0.2, 0.25) is 0 Å². The van der Waals surface area contributed by atoms with Crippen LogP contribution in [0, 0.1) is 11.3 Å². The summed E-state index contributed by atoms with van der Waals surface area (Å²) < 4.78 is 6.96. The molecule has 29 heavy (non-hydrogen) atoms. The Labute approximate surface area is 169 Å². The van der Waals surface area contributed by atoms with Gasteiger partial charge < -0.3 is 19.3 Å². The van der Waals surface area contributed by atoms with E-state index in [2.05, 4.69) is 6.07 Å². The van der Waals surface area contributed by atoms with Crippen molar-refractivity contribution in [2.75, 3.05) is 25.1 Å². The van der Waals surface area contributed by atoms with Gasteiger partial charge in [0.15, 0.2) is 0 Å². The molecule has 0 spiro atoms. The number of methoxy groups -OCH3 is 1. The molecule has 1 fully saturated rings.